The molecule has 0 radical (unpaired) electrons. The van der Waals surface area contributed by atoms with Crippen molar-refractivity contribution in [2.24, 2.45) is 0 Å². The number of esters is 1. The van der Waals surface area contributed by atoms with E-state index in [1.165, 1.54) is 12.1 Å². The third kappa shape index (κ3) is 2.81. The molecule has 1 aromatic rings. The zero-order valence-corrected chi connectivity index (χ0v) is 10.1. The molecule has 1 rings (SSSR count). The summed E-state index contributed by atoms with van der Waals surface area (Å²) in [5.74, 6) is -0.540. The molecule has 0 aliphatic carbocycles. The fraction of sp³-hybridized carbons (Fsp3) is 0.200. The summed E-state index contributed by atoms with van der Waals surface area (Å²) in [5, 5.41) is 10.8. The van der Waals surface area contributed by atoms with Crippen molar-refractivity contribution in [3.8, 4) is 5.40 Å². The lowest BCUT2D eigenvalue weighted by molar-refractivity contribution is 0.0527. The van der Waals surface area contributed by atoms with E-state index < -0.39 is 5.97 Å². The molecule has 0 atom stereocenters. The Morgan fingerprint density at radius 1 is 1.69 bits per heavy atom. The summed E-state index contributed by atoms with van der Waals surface area (Å²) in [6.07, 6.45) is 0. The standard InChI is InChI=1S/C10H9ClN2O2S/c1-2-15-10(14)7-3-6(11)4-8(9(7)13)16-5-12/h3-4H,2,13H2,1H3. The van der Waals surface area contributed by atoms with Gasteiger partial charge in [0.15, 0.2) is 0 Å². The van der Waals surface area contributed by atoms with Gasteiger partial charge in [-0.15, -0.1) is 0 Å². The molecule has 4 nitrogen and oxygen atoms in total. The van der Waals surface area contributed by atoms with Gasteiger partial charge in [-0.3, -0.25) is 0 Å². The fourth-order valence-electron chi connectivity index (χ4n) is 1.10. The molecular weight excluding hydrogens is 248 g/mol. The average molecular weight is 257 g/mol. The van der Waals surface area contributed by atoms with Gasteiger partial charge in [0.1, 0.15) is 5.40 Å². The monoisotopic (exact) mass is 256 g/mol. The van der Waals surface area contributed by atoms with Crippen molar-refractivity contribution in [2.75, 3.05) is 12.3 Å². The number of thioether (sulfide) groups is 1. The number of nitrogens with zero attached hydrogens (tertiary/aromatic N) is 1. The number of nitrogens with two attached hydrogens (primary N) is 1. The number of carbonyl (C=O) groups is 1. The van der Waals surface area contributed by atoms with E-state index in [1.807, 2.05) is 5.40 Å². The molecule has 84 valence electrons. The lowest BCUT2D eigenvalue weighted by atomic mass is 10.2. The number of halogens is 1. The molecular formula is C10H9ClN2O2S. The minimum absolute atomic E-state index is 0.187. The molecule has 0 aliphatic rings. The van der Waals surface area contributed by atoms with E-state index in [9.17, 15) is 4.79 Å². The number of nitrogen functional groups attached to an aromatic ring is 1. The van der Waals surface area contributed by atoms with Gasteiger partial charge in [0, 0.05) is 9.92 Å². The molecule has 0 unspecified atom stereocenters. The first-order valence-corrected chi connectivity index (χ1v) is 5.61. The number of ether oxygens (including phenoxy) is 1. The topological polar surface area (TPSA) is 76.1 Å². The number of benzene rings is 1. The number of hydrogen-bond acceptors (Lipinski definition) is 5. The zero-order valence-electron chi connectivity index (χ0n) is 8.49. The van der Waals surface area contributed by atoms with Crippen LogP contribution in [-0.2, 0) is 4.74 Å². The molecule has 0 bridgehead atoms. The van der Waals surface area contributed by atoms with Crippen LogP contribution in [0.5, 0.6) is 0 Å². The minimum Gasteiger partial charge on any atom is -0.462 e. The van der Waals surface area contributed by atoms with Gasteiger partial charge in [-0.2, -0.15) is 5.26 Å². The lowest BCUT2D eigenvalue weighted by Crippen LogP contribution is -2.08. The summed E-state index contributed by atoms with van der Waals surface area (Å²) in [6.45, 7) is 1.95. The van der Waals surface area contributed by atoms with Crippen LogP contribution in [0.15, 0.2) is 17.0 Å². The zero-order chi connectivity index (χ0) is 12.1. The van der Waals surface area contributed by atoms with Crippen LogP contribution in [0.4, 0.5) is 5.69 Å². The number of nitriles is 1. The molecule has 0 saturated heterocycles. The maximum absolute atomic E-state index is 11.5. The van der Waals surface area contributed by atoms with Gasteiger partial charge < -0.3 is 10.5 Å². The Hall–Kier alpha value is -1.38. The van der Waals surface area contributed by atoms with Crippen LogP contribution in [0.1, 0.15) is 17.3 Å². The van der Waals surface area contributed by atoms with E-state index in [-0.39, 0.29) is 17.9 Å². The molecule has 0 heterocycles. The Labute approximate surface area is 102 Å². The molecule has 0 aromatic heterocycles. The summed E-state index contributed by atoms with van der Waals surface area (Å²) in [4.78, 5) is 12.0. The van der Waals surface area contributed by atoms with Gasteiger partial charge in [-0.25, -0.2) is 4.79 Å². The van der Waals surface area contributed by atoms with Crippen molar-refractivity contribution in [1.29, 1.82) is 5.26 Å². The van der Waals surface area contributed by atoms with Gasteiger partial charge >= 0.3 is 5.97 Å². The van der Waals surface area contributed by atoms with Gasteiger partial charge in [-0.05, 0) is 30.8 Å². The predicted octanol–water partition coefficient (Wildman–Crippen LogP) is 2.67. The Balaban J connectivity index is 3.19. The highest BCUT2D eigenvalue weighted by molar-refractivity contribution is 8.03. The maximum Gasteiger partial charge on any atom is 0.340 e. The van der Waals surface area contributed by atoms with Crippen LogP contribution in [-0.4, -0.2) is 12.6 Å². The molecule has 0 spiro atoms. The summed E-state index contributed by atoms with van der Waals surface area (Å²) < 4.78 is 4.83. The predicted molar refractivity (Wildman–Crippen MR) is 63.3 cm³/mol. The first-order chi connectivity index (χ1) is 7.60. The van der Waals surface area contributed by atoms with E-state index in [2.05, 4.69) is 0 Å². The Morgan fingerprint density at radius 3 is 2.94 bits per heavy atom. The van der Waals surface area contributed by atoms with Crippen molar-refractivity contribution in [2.45, 2.75) is 11.8 Å². The molecule has 0 aliphatic heterocycles. The molecule has 1 aromatic carbocycles. The first kappa shape index (κ1) is 12.7. The highest BCUT2D eigenvalue weighted by atomic mass is 35.5. The number of thiocyanates is 1. The molecule has 2 N–H and O–H groups in total. The summed E-state index contributed by atoms with van der Waals surface area (Å²) >= 11 is 6.67. The van der Waals surface area contributed by atoms with E-state index in [0.717, 1.165) is 11.8 Å². The second-order valence-electron chi connectivity index (χ2n) is 2.78. The van der Waals surface area contributed by atoms with E-state index >= 15 is 0 Å². The molecule has 16 heavy (non-hydrogen) atoms. The van der Waals surface area contributed by atoms with Crippen molar-refractivity contribution in [3.05, 3.63) is 22.7 Å². The molecule has 0 amide bonds. The largest absolute Gasteiger partial charge is 0.462 e. The van der Waals surface area contributed by atoms with Crippen LogP contribution in [0.2, 0.25) is 5.02 Å². The maximum atomic E-state index is 11.5. The molecule has 0 saturated carbocycles. The summed E-state index contributed by atoms with van der Waals surface area (Å²) in [7, 11) is 0. The first-order valence-electron chi connectivity index (χ1n) is 4.42. The van der Waals surface area contributed by atoms with Crippen LogP contribution in [0.3, 0.4) is 0 Å². The van der Waals surface area contributed by atoms with Crippen molar-refractivity contribution in [1.82, 2.24) is 0 Å². The van der Waals surface area contributed by atoms with Gasteiger partial charge in [0.2, 0.25) is 0 Å². The van der Waals surface area contributed by atoms with Gasteiger partial charge in [0.25, 0.3) is 0 Å². The number of carbonyl (C=O) groups excluding carboxylic acids is 1. The van der Waals surface area contributed by atoms with Crippen molar-refractivity contribution < 1.29 is 9.53 Å². The SMILES string of the molecule is CCOC(=O)c1cc(Cl)cc(SC#N)c1N. The van der Waals surface area contributed by atoms with Crippen LogP contribution >= 0.6 is 23.4 Å². The third-order valence-electron chi connectivity index (χ3n) is 1.76. The van der Waals surface area contributed by atoms with Gasteiger partial charge in [-0.1, -0.05) is 11.6 Å². The highest BCUT2D eigenvalue weighted by Crippen LogP contribution is 2.31. The van der Waals surface area contributed by atoms with E-state index in [4.69, 9.17) is 27.3 Å². The third-order valence-corrected chi connectivity index (χ3v) is 2.62. The number of anilines is 1. The quantitative estimate of drug-likeness (QED) is 0.389. The van der Waals surface area contributed by atoms with Crippen LogP contribution < -0.4 is 5.73 Å². The fourth-order valence-corrected chi connectivity index (χ4v) is 1.89. The van der Waals surface area contributed by atoms with Crippen molar-refractivity contribution >= 4 is 35.0 Å². The lowest BCUT2D eigenvalue weighted by Gasteiger charge is -2.08. The molecule has 0 fully saturated rings. The molecule has 6 heteroatoms. The minimum atomic E-state index is -0.540. The Bertz CT molecular complexity index is 457. The average Bonchev–Trinajstić information content (AvgIpc) is 2.23. The number of hydrogen-bond donors (Lipinski definition) is 1. The van der Waals surface area contributed by atoms with Crippen LogP contribution in [0.25, 0.3) is 0 Å². The van der Waals surface area contributed by atoms with Crippen LogP contribution in [0, 0.1) is 10.7 Å². The summed E-state index contributed by atoms with van der Waals surface area (Å²) in [5.41, 5.74) is 6.14. The second-order valence-corrected chi connectivity index (χ2v) is 4.04. The van der Waals surface area contributed by atoms with E-state index in [1.54, 1.807) is 6.92 Å². The Kier molecular flexibility index (Phi) is 4.47. The normalized spacial score (nSPS) is 9.56. The highest BCUT2D eigenvalue weighted by Gasteiger charge is 2.15. The number of rotatable bonds is 3. The van der Waals surface area contributed by atoms with Crippen molar-refractivity contribution in [3.63, 3.8) is 0 Å². The second kappa shape index (κ2) is 5.64. The van der Waals surface area contributed by atoms with E-state index in [0.29, 0.717) is 9.92 Å². The summed E-state index contributed by atoms with van der Waals surface area (Å²) in [6, 6.07) is 2.96. The Morgan fingerprint density at radius 2 is 2.38 bits per heavy atom. The van der Waals surface area contributed by atoms with Gasteiger partial charge in [0.05, 0.1) is 17.9 Å². The smallest absolute Gasteiger partial charge is 0.340 e.